The Hall–Kier alpha value is -4.75. The number of nitrogens with zero attached hydrogens (tertiary/aromatic N) is 6. The van der Waals surface area contributed by atoms with Crippen LogP contribution in [-0.2, 0) is 6.42 Å². The van der Waals surface area contributed by atoms with E-state index in [9.17, 15) is 0 Å². The van der Waals surface area contributed by atoms with E-state index in [0.717, 1.165) is 29.4 Å². The van der Waals surface area contributed by atoms with Gasteiger partial charge in [-0.05, 0) is 70.3 Å². The summed E-state index contributed by atoms with van der Waals surface area (Å²) in [6.45, 7) is 0. The predicted molar refractivity (Wildman–Crippen MR) is 155 cm³/mol. The minimum absolute atomic E-state index is 0.364. The molecule has 0 radical (unpaired) electrons. The van der Waals surface area contributed by atoms with E-state index in [1.807, 2.05) is 58.9 Å². The molecule has 0 amide bonds. The van der Waals surface area contributed by atoms with Crippen molar-refractivity contribution < 1.29 is 0 Å². The summed E-state index contributed by atoms with van der Waals surface area (Å²) in [6, 6.07) is 20.9. The molecule has 3 aliphatic rings. The Morgan fingerprint density at radius 2 is 1.69 bits per heavy atom. The van der Waals surface area contributed by atoms with Gasteiger partial charge in [0.25, 0.3) is 0 Å². The summed E-state index contributed by atoms with van der Waals surface area (Å²) in [6.07, 6.45) is 11.5. The second-order valence-corrected chi connectivity index (χ2v) is 11.5. The Kier molecular flexibility index (Phi) is 3.64. The zero-order valence-corrected chi connectivity index (χ0v) is 21.4. The first-order chi connectivity index (χ1) is 19.4. The molecule has 2 aliphatic carbocycles. The molecule has 1 atom stereocenters. The van der Waals surface area contributed by atoms with Crippen molar-refractivity contribution in [3.63, 3.8) is 0 Å². The van der Waals surface area contributed by atoms with Gasteiger partial charge >= 0.3 is 0 Å². The lowest BCUT2D eigenvalue weighted by Gasteiger charge is -2.19. The Labute approximate surface area is 226 Å². The van der Waals surface area contributed by atoms with E-state index in [0.29, 0.717) is 11.1 Å². The fourth-order valence-corrected chi connectivity index (χ4v) is 8.13. The van der Waals surface area contributed by atoms with Gasteiger partial charge in [-0.15, -0.1) is 22.0 Å². The monoisotopic (exact) mass is 518 g/mol. The molecule has 7 heteroatoms. The molecule has 0 saturated heterocycles. The van der Waals surface area contributed by atoms with Crippen molar-refractivity contribution in [2.75, 3.05) is 0 Å². The lowest BCUT2D eigenvalue weighted by Crippen LogP contribution is -2.21. The Balaban J connectivity index is 1.41. The van der Waals surface area contributed by atoms with E-state index in [4.69, 9.17) is 15.2 Å². The van der Waals surface area contributed by atoms with Crippen molar-refractivity contribution in [1.29, 1.82) is 0 Å². The molecule has 39 heavy (non-hydrogen) atoms. The van der Waals surface area contributed by atoms with Gasteiger partial charge < -0.3 is 0 Å². The predicted octanol–water partition coefficient (Wildman–Crippen LogP) is 6.20. The van der Waals surface area contributed by atoms with Crippen molar-refractivity contribution in [2.45, 2.75) is 16.6 Å². The summed E-state index contributed by atoms with van der Waals surface area (Å²) < 4.78 is 4.33. The van der Waals surface area contributed by atoms with Gasteiger partial charge in [-0.1, -0.05) is 42.5 Å². The normalized spacial score (nSPS) is 16.4. The molecule has 10 rings (SSSR count). The van der Waals surface area contributed by atoms with Crippen molar-refractivity contribution in [2.24, 2.45) is 0 Å². The third-order valence-corrected chi connectivity index (χ3v) is 9.61. The quantitative estimate of drug-likeness (QED) is 0.261. The number of thioether (sulfide) groups is 1. The largest absolute Gasteiger partial charge is 0.278 e. The van der Waals surface area contributed by atoms with Crippen molar-refractivity contribution >= 4 is 56.4 Å². The van der Waals surface area contributed by atoms with Gasteiger partial charge in [0.1, 0.15) is 11.5 Å². The van der Waals surface area contributed by atoms with Gasteiger partial charge in [0.2, 0.25) is 5.95 Å². The maximum Gasteiger partial charge on any atom is 0.242 e. The van der Waals surface area contributed by atoms with Crippen LogP contribution in [0.2, 0.25) is 0 Å². The van der Waals surface area contributed by atoms with E-state index in [1.54, 1.807) is 6.20 Å². The standard InChI is InChI=1S/C32H18N6S/c1-3-15-33-19(5-1)31-35-36-32(38(31)24-6-2-4-16-34-24)37-20-11-7-17-9-13-22-29-25(17)27(20)28-21(37)12-8-18-10-14-23(39-22)30(29)26(18)28/h1-7,9-16,22H,8H2. The molecule has 7 aromatic rings. The van der Waals surface area contributed by atoms with E-state index >= 15 is 0 Å². The van der Waals surface area contributed by atoms with Gasteiger partial charge in [0.15, 0.2) is 5.82 Å². The molecule has 0 fully saturated rings. The number of pyridine rings is 2. The molecule has 6 nitrogen and oxygen atoms in total. The zero-order valence-electron chi connectivity index (χ0n) is 20.5. The lowest BCUT2D eigenvalue weighted by atomic mass is 9.84. The van der Waals surface area contributed by atoms with Crippen LogP contribution >= 0.6 is 11.8 Å². The topological polar surface area (TPSA) is 61.4 Å². The molecule has 4 aromatic heterocycles. The fourth-order valence-electron chi connectivity index (χ4n) is 6.87. The van der Waals surface area contributed by atoms with Crippen LogP contribution in [0.1, 0.15) is 21.9 Å². The molecule has 0 saturated carbocycles. The fraction of sp³-hybridized carbons (Fsp3) is 0.0625. The van der Waals surface area contributed by atoms with Crippen LogP contribution in [0.5, 0.6) is 0 Å². The zero-order chi connectivity index (χ0) is 25.2. The summed E-state index contributed by atoms with van der Waals surface area (Å²) in [5, 5.41) is 18.0. The van der Waals surface area contributed by atoms with Gasteiger partial charge in [0.05, 0.1) is 16.1 Å². The molecule has 3 aromatic carbocycles. The Morgan fingerprint density at radius 1 is 0.769 bits per heavy atom. The minimum atomic E-state index is 0.364. The average molecular weight is 519 g/mol. The second kappa shape index (κ2) is 7.01. The summed E-state index contributed by atoms with van der Waals surface area (Å²) in [5.41, 5.74) is 6.08. The van der Waals surface area contributed by atoms with Gasteiger partial charge in [0, 0.05) is 33.4 Å². The molecule has 1 unspecified atom stereocenters. The molecule has 182 valence electrons. The molecule has 1 aliphatic heterocycles. The second-order valence-electron chi connectivity index (χ2n) is 10.3. The summed E-state index contributed by atoms with van der Waals surface area (Å²) in [4.78, 5) is 10.7. The van der Waals surface area contributed by atoms with Gasteiger partial charge in [-0.25, -0.2) is 9.55 Å². The summed E-state index contributed by atoms with van der Waals surface area (Å²) in [5.74, 6) is 2.14. The lowest BCUT2D eigenvalue weighted by molar-refractivity contribution is 0.876. The highest BCUT2D eigenvalue weighted by Crippen LogP contribution is 2.57. The van der Waals surface area contributed by atoms with E-state index in [-0.39, 0.29) is 0 Å². The third-order valence-electron chi connectivity index (χ3n) is 8.37. The molecule has 0 spiro atoms. The van der Waals surface area contributed by atoms with E-state index in [1.165, 1.54) is 53.9 Å². The first kappa shape index (κ1) is 20.2. The van der Waals surface area contributed by atoms with Crippen molar-refractivity contribution in [3.05, 3.63) is 101 Å². The van der Waals surface area contributed by atoms with Crippen LogP contribution in [0.3, 0.4) is 0 Å². The van der Waals surface area contributed by atoms with Crippen molar-refractivity contribution in [3.8, 4) is 23.3 Å². The molecule has 5 heterocycles. The third kappa shape index (κ3) is 2.40. The first-order valence-corrected chi connectivity index (χ1v) is 14.0. The molecular formula is C32H18N6S. The van der Waals surface area contributed by atoms with Crippen LogP contribution in [0.25, 0.3) is 67.9 Å². The van der Waals surface area contributed by atoms with Crippen LogP contribution in [0, 0.1) is 0 Å². The number of aromatic nitrogens is 6. The highest BCUT2D eigenvalue weighted by molar-refractivity contribution is 8.00. The maximum atomic E-state index is 4.83. The highest BCUT2D eigenvalue weighted by atomic mass is 32.2. The number of hydrogen-bond donors (Lipinski definition) is 0. The van der Waals surface area contributed by atoms with Gasteiger partial charge in [-0.2, -0.15) is 0 Å². The maximum absolute atomic E-state index is 4.83. The number of hydrogen-bond acceptors (Lipinski definition) is 5. The van der Waals surface area contributed by atoms with Crippen molar-refractivity contribution in [1.82, 2.24) is 29.3 Å². The van der Waals surface area contributed by atoms with Crippen LogP contribution in [0.4, 0.5) is 0 Å². The van der Waals surface area contributed by atoms with Crippen LogP contribution < -0.4 is 5.35 Å². The molecular weight excluding hydrogens is 500 g/mol. The minimum Gasteiger partial charge on any atom is -0.278 e. The Morgan fingerprint density at radius 3 is 2.56 bits per heavy atom. The van der Waals surface area contributed by atoms with Gasteiger partial charge in [-0.3, -0.25) is 9.55 Å². The summed E-state index contributed by atoms with van der Waals surface area (Å²) in [7, 11) is 0. The molecule has 0 bridgehead atoms. The van der Waals surface area contributed by atoms with Crippen LogP contribution in [0.15, 0.2) is 84.0 Å². The average Bonchev–Trinajstić information content (AvgIpc) is 3.69. The SMILES string of the molecule is C1=CC2Sc3ccc4c5c3c2c2c1ccc1c2c5c(n1-c1nnc(-c2ccccn2)n1-c1ccccn1)=CC4. The summed E-state index contributed by atoms with van der Waals surface area (Å²) >= 11 is 1.98. The Bertz CT molecular complexity index is 2280. The number of rotatable bonds is 3. The smallest absolute Gasteiger partial charge is 0.242 e. The van der Waals surface area contributed by atoms with E-state index in [2.05, 4.69) is 52.0 Å². The highest BCUT2D eigenvalue weighted by Gasteiger charge is 2.34. The van der Waals surface area contributed by atoms with Crippen LogP contribution in [-0.4, -0.2) is 29.3 Å². The van der Waals surface area contributed by atoms with E-state index < -0.39 is 0 Å². The number of benzene rings is 3. The molecule has 0 N–H and O–H groups in total. The first-order valence-electron chi connectivity index (χ1n) is 13.1.